The van der Waals surface area contributed by atoms with Gasteiger partial charge in [0.15, 0.2) is 5.16 Å². The van der Waals surface area contributed by atoms with Crippen LogP contribution in [0.25, 0.3) is 0 Å². The van der Waals surface area contributed by atoms with E-state index >= 15 is 0 Å². The Morgan fingerprint density at radius 3 is 2.10 bits per heavy atom. The molecule has 200 valence electrons. The molecule has 6 nitrogen and oxygen atoms in total. The summed E-state index contributed by atoms with van der Waals surface area (Å²) in [6.45, 7) is 9.66. The van der Waals surface area contributed by atoms with Crippen molar-refractivity contribution in [2.24, 2.45) is 0 Å². The van der Waals surface area contributed by atoms with Gasteiger partial charge in [-0.1, -0.05) is 84.6 Å². The molecule has 0 saturated carbocycles. The van der Waals surface area contributed by atoms with Crippen LogP contribution in [-0.2, 0) is 18.8 Å². The number of carbonyl (C=O) groups excluding carboxylic acids is 1. The smallest absolute Gasteiger partial charge is 0.251 e. The Labute approximate surface area is 235 Å². The van der Waals surface area contributed by atoms with Crippen molar-refractivity contribution in [2.45, 2.75) is 37.8 Å². The third-order valence-corrected chi connectivity index (χ3v) is 8.06. The summed E-state index contributed by atoms with van der Waals surface area (Å²) >= 11 is 1.64. The molecule has 1 aromatic heterocycles. The normalized spacial score (nSPS) is 13.8. The van der Waals surface area contributed by atoms with Crippen molar-refractivity contribution < 1.29 is 4.79 Å². The molecular formula is C32H35N5OS. The van der Waals surface area contributed by atoms with E-state index in [1.54, 1.807) is 11.8 Å². The maximum Gasteiger partial charge on any atom is 0.251 e. The number of benzene rings is 3. The van der Waals surface area contributed by atoms with Crippen molar-refractivity contribution in [3.05, 3.63) is 118 Å². The van der Waals surface area contributed by atoms with Crippen molar-refractivity contribution in [3.8, 4) is 0 Å². The predicted octanol–water partition coefficient (Wildman–Crippen LogP) is 5.64. The third-order valence-electron chi connectivity index (χ3n) is 7.14. The van der Waals surface area contributed by atoms with Crippen LogP contribution in [0.2, 0.25) is 0 Å². The van der Waals surface area contributed by atoms with Crippen LogP contribution in [0.3, 0.4) is 0 Å². The Kier molecular flexibility index (Phi) is 8.91. The fourth-order valence-electron chi connectivity index (χ4n) is 4.70. The van der Waals surface area contributed by atoms with Gasteiger partial charge >= 0.3 is 0 Å². The molecule has 1 amide bonds. The summed E-state index contributed by atoms with van der Waals surface area (Å²) in [6.07, 6.45) is 0. The van der Waals surface area contributed by atoms with Gasteiger partial charge in [-0.25, -0.2) is 9.97 Å². The summed E-state index contributed by atoms with van der Waals surface area (Å²) in [5, 5.41) is 3.78. The quantitative estimate of drug-likeness (QED) is 0.220. The highest BCUT2D eigenvalue weighted by molar-refractivity contribution is 7.98. The average Bonchev–Trinajstić information content (AvgIpc) is 2.98. The zero-order valence-electron chi connectivity index (χ0n) is 22.6. The van der Waals surface area contributed by atoms with Crippen LogP contribution in [0.5, 0.6) is 0 Å². The SMILES string of the molecule is Cc1nc(SCc2ccc(C(=O)NCc3ccccc3)cc2)nc(N2CCN(Cc3ccccc3)CC2)c1C. The predicted molar refractivity (Wildman–Crippen MR) is 159 cm³/mol. The fraction of sp³-hybridized carbons (Fsp3) is 0.281. The molecule has 7 heteroatoms. The van der Waals surface area contributed by atoms with E-state index in [9.17, 15) is 4.79 Å². The molecule has 4 aromatic rings. The van der Waals surface area contributed by atoms with Gasteiger partial charge in [-0.3, -0.25) is 9.69 Å². The minimum atomic E-state index is -0.0657. The number of aromatic nitrogens is 2. The molecule has 2 heterocycles. The van der Waals surface area contributed by atoms with Crippen LogP contribution in [0.1, 0.15) is 38.3 Å². The van der Waals surface area contributed by atoms with Crippen molar-refractivity contribution in [1.82, 2.24) is 20.2 Å². The van der Waals surface area contributed by atoms with E-state index in [4.69, 9.17) is 9.97 Å². The van der Waals surface area contributed by atoms with Crippen LogP contribution in [0.4, 0.5) is 5.82 Å². The standard InChI is InChI=1S/C32H35N5OS/c1-24-25(2)34-32(35-30(24)37-19-17-36(18-20-37)22-27-11-7-4-8-12-27)39-23-28-13-15-29(16-14-28)31(38)33-21-26-9-5-3-6-10-26/h3-16H,17-23H2,1-2H3,(H,33,38). The Hall–Kier alpha value is -3.68. The highest BCUT2D eigenvalue weighted by Gasteiger charge is 2.21. The van der Waals surface area contributed by atoms with E-state index in [0.29, 0.717) is 12.1 Å². The van der Waals surface area contributed by atoms with Gasteiger partial charge in [-0.15, -0.1) is 0 Å². The number of hydrogen-bond donors (Lipinski definition) is 1. The molecular weight excluding hydrogens is 502 g/mol. The van der Waals surface area contributed by atoms with Crippen molar-refractivity contribution in [3.63, 3.8) is 0 Å². The fourth-order valence-corrected chi connectivity index (χ4v) is 5.54. The first-order valence-corrected chi connectivity index (χ1v) is 14.4. The lowest BCUT2D eigenvalue weighted by molar-refractivity contribution is 0.0951. The Morgan fingerprint density at radius 2 is 1.44 bits per heavy atom. The summed E-state index contributed by atoms with van der Waals surface area (Å²) in [5.41, 5.74) is 6.43. The molecule has 0 atom stereocenters. The van der Waals surface area contributed by atoms with Gasteiger partial charge in [0, 0.05) is 61.8 Å². The Balaban J connectivity index is 1.15. The Bertz CT molecular complexity index is 1370. The zero-order chi connectivity index (χ0) is 27.0. The van der Waals surface area contributed by atoms with Crippen LogP contribution in [0.15, 0.2) is 90.1 Å². The second-order valence-electron chi connectivity index (χ2n) is 9.94. The molecule has 0 unspecified atom stereocenters. The summed E-state index contributed by atoms with van der Waals surface area (Å²) in [4.78, 5) is 27.2. The van der Waals surface area contributed by atoms with Crippen molar-refractivity contribution in [1.29, 1.82) is 0 Å². The van der Waals surface area contributed by atoms with Crippen LogP contribution < -0.4 is 10.2 Å². The molecule has 39 heavy (non-hydrogen) atoms. The number of amides is 1. The third kappa shape index (κ3) is 7.25. The number of anilines is 1. The maximum absolute atomic E-state index is 12.5. The van der Waals surface area contributed by atoms with Gasteiger partial charge in [0.2, 0.25) is 0 Å². The van der Waals surface area contributed by atoms with Gasteiger partial charge < -0.3 is 10.2 Å². The van der Waals surface area contributed by atoms with Gasteiger partial charge in [0.25, 0.3) is 5.91 Å². The van der Waals surface area contributed by atoms with Crippen LogP contribution in [0, 0.1) is 13.8 Å². The minimum Gasteiger partial charge on any atom is -0.354 e. The largest absolute Gasteiger partial charge is 0.354 e. The molecule has 3 aromatic carbocycles. The summed E-state index contributed by atoms with van der Waals surface area (Å²) in [5.74, 6) is 1.73. The van der Waals surface area contributed by atoms with E-state index < -0.39 is 0 Å². The maximum atomic E-state index is 12.5. The molecule has 0 radical (unpaired) electrons. The van der Waals surface area contributed by atoms with Crippen LogP contribution >= 0.6 is 11.8 Å². The molecule has 1 saturated heterocycles. The first-order chi connectivity index (χ1) is 19.0. The lowest BCUT2D eigenvalue weighted by atomic mass is 10.1. The van der Waals surface area contributed by atoms with E-state index in [-0.39, 0.29) is 5.91 Å². The van der Waals surface area contributed by atoms with E-state index in [0.717, 1.165) is 71.8 Å². The topological polar surface area (TPSA) is 61.4 Å². The van der Waals surface area contributed by atoms with E-state index in [1.165, 1.54) is 5.56 Å². The van der Waals surface area contributed by atoms with Crippen molar-refractivity contribution in [2.75, 3.05) is 31.1 Å². The summed E-state index contributed by atoms with van der Waals surface area (Å²) in [7, 11) is 0. The molecule has 1 N–H and O–H groups in total. The number of nitrogens with zero attached hydrogens (tertiary/aromatic N) is 4. The average molecular weight is 538 g/mol. The molecule has 0 spiro atoms. The second kappa shape index (κ2) is 12.9. The number of hydrogen-bond acceptors (Lipinski definition) is 6. The van der Waals surface area contributed by atoms with Gasteiger partial charge in [0.1, 0.15) is 5.82 Å². The van der Waals surface area contributed by atoms with Gasteiger partial charge in [0.05, 0.1) is 0 Å². The van der Waals surface area contributed by atoms with Crippen LogP contribution in [-0.4, -0.2) is 47.0 Å². The molecule has 0 bridgehead atoms. The Morgan fingerprint density at radius 1 is 0.795 bits per heavy atom. The monoisotopic (exact) mass is 537 g/mol. The summed E-state index contributed by atoms with van der Waals surface area (Å²) in [6, 6.07) is 28.4. The van der Waals surface area contributed by atoms with Gasteiger partial charge in [-0.05, 0) is 42.7 Å². The number of piperazine rings is 1. The van der Waals surface area contributed by atoms with Gasteiger partial charge in [-0.2, -0.15) is 0 Å². The lowest BCUT2D eigenvalue weighted by Gasteiger charge is -2.36. The number of thioether (sulfide) groups is 1. The number of rotatable bonds is 9. The lowest BCUT2D eigenvalue weighted by Crippen LogP contribution is -2.46. The molecule has 1 aliphatic rings. The van der Waals surface area contributed by atoms with E-state index in [1.807, 2.05) is 54.6 Å². The highest BCUT2D eigenvalue weighted by atomic mass is 32.2. The number of nitrogens with one attached hydrogen (secondary N) is 1. The second-order valence-corrected chi connectivity index (χ2v) is 10.9. The molecule has 1 fully saturated rings. The van der Waals surface area contributed by atoms with E-state index in [2.05, 4.69) is 59.3 Å². The number of carbonyl (C=O) groups is 1. The first-order valence-electron chi connectivity index (χ1n) is 13.5. The van der Waals surface area contributed by atoms with Crippen molar-refractivity contribution >= 4 is 23.5 Å². The first kappa shape index (κ1) is 26.9. The molecule has 1 aliphatic heterocycles. The minimum absolute atomic E-state index is 0.0657. The molecule has 5 rings (SSSR count). The highest BCUT2D eigenvalue weighted by Crippen LogP contribution is 2.27. The zero-order valence-corrected chi connectivity index (χ0v) is 23.5. The molecule has 0 aliphatic carbocycles. The summed E-state index contributed by atoms with van der Waals surface area (Å²) < 4.78 is 0. The number of aryl methyl sites for hydroxylation is 1.